The summed E-state index contributed by atoms with van der Waals surface area (Å²) >= 11 is 0. The van der Waals surface area contributed by atoms with Gasteiger partial charge in [0.2, 0.25) is 0 Å². The molecule has 1 aromatic rings. The molecule has 0 saturated heterocycles. The Bertz CT molecular complexity index is 423. The van der Waals surface area contributed by atoms with Crippen molar-refractivity contribution in [3.8, 4) is 0 Å². The van der Waals surface area contributed by atoms with Crippen molar-refractivity contribution in [2.75, 3.05) is 13.2 Å². The van der Waals surface area contributed by atoms with Crippen LogP contribution in [0.4, 0.5) is 13.2 Å². The molecule has 0 atom stereocenters. The van der Waals surface area contributed by atoms with Crippen LogP contribution in [0.1, 0.15) is 19.4 Å². The molecule has 0 heterocycles. The molecule has 0 saturated carbocycles. The molecule has 0 bridgehead atoms. The van der Waals surface area contributed by atoms with E-state index < -0.39 is 23.4 Å². The van der Waals surface area contributed by atoms with Gasteiger partial charge in [-0.2, -0.15) is 0 Å². The third-order valence-electron chi connectivity index (χ3n) is 2.54. The maximum absolute atomic E-state index is 13.6. The van der Waals surface area contributed by atoms with Crippen LogP contribution in [0.3, 0.4) is 0 Å². The lowest BCUT2D eigenvalue weighted by molar-refractivity contribution is -0.339. The van der Waals surface area contributed by atoms with E-state index in [-0.39, 0.29) is 35.7 Å². The van der Waals surface area contributed by atoms with E-state index in [1.807, 2.05) is 0 Å². The van der Waals surface area contributed by atoms with Gasteiger partial charge in [-0.25, -0.2) is 13.2 Å². The summed E-state index contributed by atoms with van der Waals surface area (Å²) in [7, 11) is 0.289. The number of hydrogen-bond acceptors (Lipinski definition) is 3. The Kier molecular flexibility index (Phi) is 5.99. The standard InChI is InChI=1S/C12H17F3O3Si/c1-3-16-12(18-19,17-4-2)7-8-5-10(14)11(15)6-9(8)13/h5-6H,3-4,7H2,1-2,19H3. The SMILES string of the molecule is CCOC(Cc1cc(F)c(F)cc1F)(O[SiH3])OCC. The molecule has 0 aliphatic rings. The van der Waals surface area contributed by atoms with Gasteiger partial charge in [-0.05, 0) is 25.5 Å². The highest BCUT2D eigenvalue weighted by molar-refractivity contribution is 5.98. The molecule has 0 spiro atoms. The topological polar surface area (TPSA) is 27.7 Å². The van der Waals surface area contributed by atoms with Crippen LogP contribution in [0.25, 0.3) is 0 Å². The summed E-state index contributed by atoms with van der Waals surface area (Å²) in [5.41, 5.74) is -0.0587. The summed E-state index contributed by atoms with van der Waals surface area (Å²) in [6.45, 7) is 4.03. The minimum Gasteiger partial charge on any atom is -0.380 e. The van der Waals surface area contributed by atoms with E-state index in [1.54, 1.807) is 13.8 Å². The highest BCUT2D eigenvalue weighted by Crippen LogP contribution is 2.24. The molecule has 0 aliphatic carbocycles. The fraction of sp³-hybridized carbons (Fsp3) is 0.500. The van der Waals surface area contributed by atoms with Crippen molar-refractivity contribution in [1.29, 1.82) is 0 Å². The summed E-state index contributed by atoms with van der Waals surface area (Å²) in [5.74, 6) is -4.65. The van der Waals surface area contributed by atoms with Gasteiger partial charge in [0.1, 0.15) is 5.82 Å². The van der Waals surface area contributed by atoms with Crippen molar-refractivity contribution in [3.05, 3.63) is 35.1 Å². The highest BCUT2D eigenvalue weighted by Gasteiger charge is 2.33. The first-order valence-corrected chi connectivity index (χ1v) is 6.76. The lowest BCUT2D eigenvalue weighted by atomic mass is 10.1. The minimum absolute atomic E-state index is 0.0587. The first-order valence-electron chi connectivity index (χ1n) is 5.94. The van der Waals surface area contributed by atoms with Gasteiger partial charge in [-0.1, -0.05) is 0 Å². The van der Waals surface area contributed by atoms with Crippen molar-refractivity contribution in [1.82, 2.24) is 0 Å². The zero-order valence-corrected chi connectivity index (χ0v) is 13.1. The highest BCUT2D eigenvalue weighted by atomic mass is 28.2. The molecule has 1 aromatic carbocycles. The molecule has 0 unspecified atom stereocenters. The van der Waals surface area contributed by atoms with E-state index in [4.69, 9.17) is 13.9 Å². The molecule has 0 N–H and O–H groups in total. The van der Waals surface area contributed by atoms with Gasteiger partial charge < -0.3 is 13.9 Å². The van der Waals surface area contributed by atoms with Gasteiger partial charge in [0.05, 0.1) is 6.42 Å². The Labute approximate surface area is 113 Å². The molecule has 0 amide bonds. The number of halogens is 3. The quantitative estimate of drug-likeness (QED) is 0.435. The summed E-state index contributed by atoms with van der Waals surface area (Å²) in [4.78, 5) is 0. The maximum Gasteiger partial charge on any atom is 0.276 e. The van der Waals surface area contributed by atoms with E-state index in [1.165, 1.54) is 0 Å². The molecule has 0 aromatic heterocycles. The smallest absolute Gasteiger partial charge is 0.276 e. The third kappa shape index (κ3) is 4.03. The van der Waals surface area contributed by atoms with Crippen molar-refractivity contribution >= 4 is 10.5 Å². The van der Waals surface area contributed by atoms with Crippen LogP contribution in [0, 0.1) is 17.5 Å². The normalized spacial score (nSPS) is 12.1. The van der Waals surface area contributed by atoms with Crippen molar-refractivity contribution in [2.45, 2.75) is 26.2 Å². The van der Waals surface area contributed by atoms with E-state index in [9.17, 15) is 13.2 Å². The summed E-state index contributed by atoms with van der Waals surface area (Å²) in [5, 5.41) is 0. The second kappa shape index (κ2) is 7.04. The average molecular weight is 294 g/mol. The molecule has 0 radical (unpaired) electrons. The Morgan fingerprint density at radius 2 is 1.53 bits per heavy atom. The number of hydrogen-bond donors (Lipinski definition) is 0. The van der Waals surface area contributed by atoms with E-state index in [0.29, 0.717) is 6.07 Å². The average Bonchev–Trinajstić information content (AvgIpc) is 2.36. The van der Waals surface area contributed by atoms with E-state index >= 15 is 0 Å². The third-order valence-corrected chi connectivity index (χ3v) is 3.16. The predicted molar refractivity (Wildman–Crippen MR) is 67.0 cm³/mol. The van der Waals surface area contributed by atoms with E-state index in [0.717, 1.165) is 6.07 Å². The number of rotatable bonds is 7. The molecular weight excluding hydrogens is 277 g/mol. The summed E-state index contributed by atoms with van der Waals surface area (Å²) in [6, 6.07) is 1.29. The van der Waals surface area contributed by atoms with Crippen LogP contribution in [0.2, 0.25) is 0 Å². The second-order valence-electron chi connectivity index (χ2n) is 3.79. The Morgan fingerprint density at radius 3 is 2.00 bits per heavy atom. The second-order valence-corrected chi connectivity index (χ2v) is 4.20. The molecule has 3 nitrogen and oxygen atoms in total. The molecule has 108 valence electrons. The Balaban J connectivity index is 3.05. The zero-order chi connectivity index (χ0) is 14.5. The van der Waals surface area contributed by atoms with Crippen LogP contribution >= 0.6 is 0 Å². The van der Waals surface area contributed by atoms with Crippen LogP contribution in [-0.2, 0) is 20.3 Å². The van der Waals surface area contributed by atoms with Gasteiger partial charge in [0.15, 0.2) is 22.1 Å². The van der Waals surface area contributed by atoms with Crippen molar-refractivity contribution in [2.24, 2.45) is 0 Å². The Morgan fingerprint density at radius 1 is 1.00 bits per heavy atom. The minimum atomic E-state index is -1.44. The zero-order valence-electron chi connectivity index (χ0n) is 11.1. The van der Waals surface area contributed by atoms with Gasteiger partial charge in [-0.3, -0.25) is 0 Å². The van der Waals surface area contributed by atoms with Gasteiger partial charge >= 0.3 is 0 Å². The van der Waals surface area contributed by atoms with Crippen LogP contribution in [0.15, 0.2) is 12.1 Å². The largest absolute Gasteiger partial charge is 0.380 e. The summed E-state index contributed by atoms with van der Waals surface area (Å²) in [6.07, 6.45) is -0.152. The lowest BCUT2D eigenvalue weighted by Crippen LogP contribution is -2.41. The number of benzene rings is 1. The maximum atomic E-state index is 13.6. The lowest BCUT2D eigenvalue weighted by Gasteiger charge is -2.32. The molecule has 1 rings (SSSR count). The molecule has 7 heteroatoms. The van der Waals surface area contributed by atoms with Crippen molar-refractivity contribution < 1.29 is 27.1 Å². The number of ether oxygens (including phenoxy) is 2. The molecule has 0 aliphatic heterocycles. The van der Waals surface area contributed by atoms with Crippen LogP contribution in [0.5, 0.6) is 0 Å². The first kappa shape index (κ1) is 16.2. The Hall–Kier alpha value is -0.893. The fourth-order valence-electron chi connectivity index (χ4n) is 1.71. The fourth-order valence-corrected chi connectivity index (χ4v) is 2.09. The van der Waals surface area contributed by atoms with Gasteiger partial charge in [0.25, 0.3) is 5.97 Å². The predicted octanol–water partition coefficient (Wildman–Crippen LogP) is 1.67. The van der Waals surface area contributed by atoms with Crippen LogP contribution < -0.4 is 0 Å². The van der Waals surface area contributed by atoms with Crippen molar-refractivity contribution in [3.63, 3.8) is 0 Å². The molecular formula is C12H17F3O3Si. The first-order chi connectivity index (χ1) is 8.98. The molecule has 19 heavy (non-hydrogen) atoms. The van der Waals surface area contributed by atoms with E-state index in [2.05, 4.69) is 0 Å². The molecule has 0 fully saturated rings. The van der Waals surface area contributed by atoms with Crippen LogP contribution in [-0.4, -0.2) is 29.7 Å². The summed E-state index contributed by atoms with van der Waals surface area (Å²) < 4.78 is 55.6. The van der Waals surface area contributed by atoms with Gasteiger partial charge in [-0.15, -0.1) is 0 Å². The monoisotopic (exact) mass is 294 g/mol. The van der Waals surface area contributed by atoms with Gasteiger partial charge in [0, 0.05) is 19.3 Å².